The van der Waals surface area contributed by atoms with Gasteiger partial charge in [0.25, 0.3) is 10.0 Å². The van der Waals surface area contributed by atoms with Crippen LogP contribution >= 0.6 is 0 Å². The molecule has 0 N–H and O–H groups in total. The maximum Gasteiger partial charge on any atom is 0.283 e. The van der Waals surface area contributed by atoms with Crippen molar-refractivity contribution >= 4 is 15.9 Å². The summed E-state index contributed by atoms with van der Waals surface area (Å²) in [5.41, 5.74) is 1.04. The van der Waals surface area contributed by atoms with E-state index in [0.29, 0.717) is 5.84 Å². The van der Waals surface area contributed by atoms with Gasteiger partial charge in [-0.25, -0.2) is 0 Å². The normalized spacial score (nSPS) is 12.4. The molecule has 1 aromatic carbocycles. The fourth-order valence-electron chi connectivity index (χ4n) is 3.35. The van der Waals surface area contributed by atoms with Crippen LogP contribution < -0.4 is 0 Å². The second-order valence-corrected chi connectivity index (χ2v) is 9.15. The molecular weight excluding hydrogens is 368 g/mol. The maximum absolute atomic E-state index is 12.7. The van der Waals surface area contributed by atoms with Crippen molar-refractivity contribution in [3.05, 3.63) is 29.8 Å². The van der Waals surface area contributed by atoms with Crippen LogP contribution in [0.3, 0.4) is 0 Å². The standard InChI is InChI=1S/C23H40N2O2S/c1-5-8-9-10-11-12-13-14-15-16-23(25(6-2)7-3)24-28(26,27)22-19-17-21(4)18-20-22/h17-20H,5-16H2,1-4H3/b24-23+. The topological polar surface area (TPSA) is 49.7 Å². The summed E-state index contributed by atoms with van der Waals surface area (Å²) in [6, 6.07) is 6.93. The van der Waals surface area contributed by atoms with Gasteiger partial charge in [0.05, 0.1) is 4.90 Å². The molecule has 0 spiro atoms. The van der Waals surface area contributed by atoms with Gasteiger partial charge in [-0.15, -0.1) is 4.40 Å². The number of sulfonamides is 1. The molecular formula is C23H40N2O2S. The molecule has 0 unspecified atom stereocenters. The Hall–Kier alpha value is -1.36. The lowest BCUT2D eigenvalue weighted by atomic mass is 10.1. The Morgan fingerprint density at radius 3 is 1.82 bits per heavy atom. The highest BCUT2D eigenvalue weighted by Crippen LogP contribution is 2.17. The van der Waals surface area contributed by atoms with E-state index in [-0.39, 0.29) is 4.90 Å². The minimum absolute atomic E-state index is 0.273. The van der Waals surface area contributed by atoms with Crippen LogP contribution in [-0.4, -0.2) is 32.2 Å². The largest absolute Gasteiger partial charge is 0.360 e. The molecule has 160 valence electrons. The lowest BCUT2D eigenvalue weighted by Gasteiger charge is -2.23. The first kappa shape index (κ1) is 24.7. The molecule has 0 aliphatic carbocycles. The number of unbranched alkanes of at least 4 members (excludes halogenated alkanes) is 8. The molecule has 0 amide bonds. The van der Waals surface area contributed by atoms with Crippen LogP contribution in [0.15, 0.2) is 33.6 Å². The van der Waals surface area contributed by atoms with Crippen molar-refractivity contribution in [3.63, 3.8) is 0 Å². The first-order chi connectivity index (χ1) is 13.4. The third kappa shape index (κ3) is 9.22. The summed E-state index contributed by atoms with van der Waals surface area (Å²) >= 11 is 0. The molecule has 0 atom stereocenters. The summed E-state index contributed by atoms with van der Waals surface area (Å²) in [7, 11) is -3.66. The molecule has 0 aromatic heterocycles. The van der Waals surface area contributed by atoms with Crippen LogP contribution in [0.5, 0.6) is 0 Å². The highest BCUT2D eigenvalue weighted by Gasteiger charge is 2.17. The minimum Gasteiger partial charge on any atom is -0.360 e. The molecule has 0 radical (unpaired) electrons. The van der Waals surface area contributed by atoms with Crippen LogP contribution in [0.1, 0.15) is 90.5 Å². The molecule has 0 aliphatic rings. The molecule has 5 heteroatoms. The van der Waals surface area contributed by atoms with E-state index in [0.717, 1.165) is 37.9 Å². The monoisotopic (exact) mass is 408 g/mol. The second-order valence-electron chi connectivity index (χ2n) is 7.55. The fourth-order valence-corrected chi connectivity index (χ4v) is 4.42. The lowest BCUT2D eigenvalue weighted by molar-refractivity contribution is 0.451. The maximum atomic E-state index is 12.7. The molecule has 0 aliphatic heterocycles. The summed E-state index contributed by atoms with van der Waals surface area (Å²) in [6.07, 6.45) is 12.0. The van der Waals surface area contributed by atoms with Gasteiger partial charge in [-0.1, -0.05) is 76.0 Å². The lowest BCUT2D eigenvalue weighted by Crippen LogP contribution is -2.31. The number of aryl methyl sites for hydroxylation is 1. The van der Waals surface area contributed by atoms with E-state index < -0.39 is 10.0 Å². The van der Waals surface area contributed by atoms with Crippen molar-refractivity contribution in [1.82, 2.24) is 4.90 Å². The highest BCUT2D eigenvalue weighted by molar-refractivity contribution is 7.90. The Kier molecular flexibility index (Phi) is 12.1. The van der Waals surface area contributed by atoms with Gasteiger partial charge in [-0.3, -0.25) is 0 Å². The van der Waals surface area contributed by atoms with Crippen molar-refractivity contribution < 1.29 is 8.42 Å². The zero-order valence-electron chi connectivity index (χ0n) is 18.4. The summed E-state index contributed by atoms with van der Waals surface area (Å²) in [4.78, 5) is 2.34. The highest BCUT2D eigenvalue weighted by atomic mass is 32.2. The third-order valence-electron chi connectivity index (χ3n) is 5.18. The number of benzene rings is 1. The van der Waals surface area contributed by atoms with Crippen LogP contribution in [-0.2, 0) is 10.0 Å². The van der Waals surface area contributed by atoms with Gasteiger partial charge >= 0.3 is 0 Å². The Morgan fingerprint density at radius 2 is 1.32 bits per heavy atom. The molecule has 0 heterocycles. The summed E-state index contributed by atoms with van der Waals surface area (Å²) in [5.74, 6) is 0.702. The predicted molar refractivity (Wildman–Crippen MR) is 121 cm³/mol. The van der Waals surface area contributed by atoms with Gasteiger partial charge in [0.15, 0.2) is 0 Å². The van der Waals surface area contributed by atoms with E-state index in [2.05, 4.69) is 16.2 Å². The minimum atomic E-state index is -3.66. The quantitative estimate of drug-likeness (QED) is 0.205. The van der Waals surface area contributed by atoms with E-state index in [1.807, 2.05) is 32.9 Å². The average molecular weight is 409 g/mol. The molecule has 28 heavy (non-hydrogen) atoms. The molecule has 4 nitrogen and oxygen atoms in total. The summed E-state index contributed by atoms with van der Waals surface area (Å²) in [5, 5.41) is 0. The van der Waals surface area contributed by atoms with Crippen molar-refractivity contribution in [1.29, 1.82) is 0 Å². The van der Waals surface area contributed by atoms with E-state index in [9.17, 15) is 8.42 Å². The molecule has 0 saturated heterocycles. The SMILES string of the molecule is CCCCCCCCCCC/C(=N\S(=O)(=O)c1ccc(C)cc1)N(CC)CC. The second kappa shape index (κ2) is 13.8. The van der Waals surface area contributed by atoms with Crippen LogP contribution in [0, 0.1) is 6.92 Å². The Balaban J connectivity index is 2.63. The van der Waals surface area contributed by atoms with Gasteiger partial charge in [0, 0.05) is 19.5 Å². The molecule has 0 bridgehead atoms. The molecule has 1 aromatic rings. The zero-order valence-corrected chi connectivity index (χ0v) is 19.2. The average Bonchev–Trinajstić information content (AvgIpc) is 2.67. The van der Waals surface area contributed by atoms with Gasteiger partial charge in [-0.2, -0.15) is 8.42 Å². The molecule has 0 fully saturated rings. The molecule has 0 saturated carbocycles. The Bertz CT molecular complexity index is 662. The van der Waals surface area contributed by atoms with Crippen molar-refractivity contribution in [2.24, 2.45) is 4.40 Å². The number of hydrogen-bond acceptors (Lipinski definition) is 2. The summed E-state index contributed by atoms with van der Waals surface area (Å²) in [6.45, 7) is 9.84. The van der Waals surface area contributed by atoms with E-state index >= 15 is 0 Å². The van der Waals surface area contributed by atoms with E-state index in [1.165, 1.54) is 44.9 Å². The van der Waals surface area contributed by atoms with Crippen molar-refractivity contribution in [2.75, 3.05) is 13.1 Å². The van der Waals surface area contributed by atoms with Crippen LogP contribution in [0.25, 0.3) is 0 Å². The van der Waals surface area contributed by atoms with Gasteiger partial charge in [0.1, 0.15) is 5.84 Å². The van der Waals surface area contributed by atoms with Crippen LogP contribution in [0.4, 0.5) is 0 Å². The van der Waals surface area contributed by atoms with E-state index in [1.54, 1.807) is 12.1 Å². The Morgan fingerprint density at radius 1 is 0.821 bits per heavy atom. The fraction of sp³-hybridized carbons (Fsp3) is 0.696. The summed E-state index contributed by atoms with van der Waals surface area (Å²) < 4.78 is 29.7. The number of amidine groups is 1. The van der Waals surface area contributed by atoms with Crippen LogP contribution in [0.2, 0.25) is 0 Å². The Labute approximate surface area is 173 Å². The molecule has 1 rings (SSSR count). The number of nitrogens with zero attached hydrogens (tertiary/aromatic N) is 2. The van der Waals surface area contributed by atoms with Gasteiger partial charge in [0.2, 0.25) is 0 Å². The third-order valence-corrected chi connectivity index (χ3v) is 6.50. The van der Waals surface area contributed by atoms with Gasteiger partial charge < -0.3 is 4.90 Å². The number of rotatable bonds is 14. The number of hydrogen-bond donors (Lipinski definition) is 0. The zero-order chi connectivity index (χ0) is 20.8. The first-order valence-corrected chi connectivity index (χ1v) is 12.5. The van der Waals surface area contributed by atoms with E-state index in [4.69, 9.17) is 0 Å². The predicted octanol–water partition coefficient (Wildman–Crippen LogP) is 6.34. The van der Waals surface area contributed by atoms with Crippen molar-refractivity contribution in [3.8, 4) is 0 Å². The first-order valence-electron chi connectivity index (χ1n) is 11.1. The smallest absolute Gasteiger partial charge is 0.283 e. The van der Waals surface area contributed by atoms with Crippen molar-refractivity contribution in [2.45, 2.75) is 96.8 Å². The van der Waals surface area contributed by atoms with Gasteiger partial charge in [-0.05, 0) is 39.3 Å².